The zero-order chi connectivity index (χ0) is 12.8. The number of benzene rings is 1. The van der Waals surface area contributed by atoms with Gasteiger partial charge in [-0.05, 0) is 24.0 Å². The molecule has 1 aliphatic carbocycles. The summed E-state index contributed by atoms with van der Waals surface area (Å²) >= 11 is 0. The molecule has 1 aromatic rings. The summed E-state index contributed by atoms with van der Waals surface area (Å²) < 4.78 is 0. The maximum atomic E-state index is 12.1. The van der Waals surface area contributed by atoms with Gasteiger partial charge in [-0.25, -0.2) is 0 Å². The lowest BCUT2D eigenvalue weighted by atomic mass is 9.74. The van der Waals surface area contributed by atoms with Crippen LogP contribution in [0.1, 0.15) is 68.9 Å². The molecule has 1 atom stereocenters. The molecule has 0 aliphatic heterocycles. The van der Waals surface area contributed by atoms with Gasteiger partial charge < -0.3 is 0 Å². The van der Waals surface area contributed by atoms with Crippen molar-refractivity contribution in [2.75, 3.05) is 0 Å². The molecule has 1 heteroatoms. The first kappa shape index (κ1) is 13.3. The molecule has 0 heterocycles. The van der Waals surface area contributed by atoms with Crippen LogP contribution in [0, 0.1) is 0 Å². The van der Waals surface area contributed by atoms with Crippen molar-refractivity contribution in [3.05, 3.63) is 35.4 Å². The highest BCUT2D eigenvalue weighted by atomic mass is 16.1. The van der Waals surface area contributed by atoms with Gasteiger partial charge in [-0.15, -0.1) is 0 Å². The van der Waals surface area contributed by atoms with E-state index in [0.29, 0.717) is 5.78 Å². The molecule has 1 aromatic carbocycles. The Labute approximate surface area is 111 Å². The van der Waals surface area contributed by atoms with Gasteiger partial charge in [0.05, 0.1) is 0 Å². The molecule has 0 amide bonds. The van der Waals surface area contributed by atoms with E-state index in [1.54, 1.807) is 0 Å². The second-order valence-corrected chi connectivity index (χ2v) is 5.44. The van der Waals surface area contributed by atoms with Crippen LogP contribution in [-0.2, 0) is 11.2 Å². The lowest BCUT2D eigenvalue weighted by Crippen LogP contribution is -2.24. The molecule has 2 rings (SSSR count). The van der Waals surface area contributed by atoms with E-state index in [4.69, 9.17) is 0 Å². The largest absolute Gasteiger partial charge is 0.299 e. The van der Waals surface area contributed by atoms with E-state index in [1.807, 2.05) is 6.07 Å². The normalized spacial score (nSPS) is 17.1. The van der Waals surface area contributed by atoms with Crippen molar-refractivity contribution in [3.8, 4) is 0 Å². The maximum Gasteiger partial charge on any atom is 0.140 e. The maximum absolute atomic E-state index is 12.1. The van der Waals surface area contributed by atoms with E-state index in [0.717, 1.165) is 19.3 Å². The summed E-state index contributed by atoms with van der Waals surface area (Å²) in [5.74, 6) is 0.682. The van der Waals surface area contributed by atoms with Crippen molar-refractivity contribution in [1.82, 2.24) is 0 Å². The number of hydrogen-bond donors (Lipinski definition) is 0. The third kappa shape index (κ3) is 3.22. The molecule has 0 saturated heterocycles. The summed E-state index contributed by atoms with van der Waals surface area (Å²) in [5.41, 5.74) is 2.66. The van der Waals surface area contributed by atoms with Crippen LogP contribution in [-0.4, -0.2) is 5.78 Å². The van der Waals surface area contributed by atoms with Crippen molar-refractivity contribution in [3.63, 3.8) is 0 Å². The smallest absolute Gasteiger partial charge is 0.140 e. The Bertz CT molecular complexity index is 394. The van der Waals surface area contributed by atoms with Crippen LogP contribution < -0.4 is 0 Å². The molecule has 1 aliphatic rings. The van der Waals surface area contributed by atoms with E-state index >= 15 is 0 Å². The molecule has 0 fully saturated rings. The highest BCUT2D eigenvalue weighted by Gasteiger charge is 2.30. The zero-order valence-corrected chi connectivity index (χ0v) is 11.5. The number of ketones is 1. The van der Waals surface area contributed by atoms with Crippen LogP contribution in [0.2, 0.25) is 0 Å². The number of unbranched alkanes of at least 4 members (excludes halogenated alkanes) is 5. The second-order valence-electron chi connectivity index (χ2n) is 5.44. The average Bonchev–Trinajstić information content (AvgIpc) is 2.35. The predicted molar refractivity (Wildman–Crippen MR) is 75.9 cm³/mol. The van der Waals surface area contributed by atoms with Crippen LogP contribution in [0.3, 0.4) is 0 Å². The third-order valence-electron chi connectivity index (χ3n) is 4.02. The number of carbonyl (C=O) groups excluding carboxylic acids is 1. The van der Waals surface area contributed by atoms with Gasteiger partial charge in [0.2, 0.25) is 0 Å². The van der Waals surface area contributed by atoms with Crippen molar-refractivity contribution >= 4 is 5.78 Å². The van der Waals surface area contributed by atoms with Gasteiger partial charge in [0.1, 0.15) is 5.78 Å². The average molecular weight is 244 g/mol. The second kappa shape index (κ2) is 6.72. The van der Waals surface area contributed by atoms with Crippen LogP contribution in [0.25, 0.3) is 0 Å². The fourth-order valence-electron chi connectivity index (χ4n) is 2.80. The summed E-state index contributed by atoms with van der Waals surface area (Å²) in [6, 6.07) is 8.36. The number of rotatable bonds is 8. The van der Waals surface area contributed by atoms with Crippen LogP contribution in [0.15, 0.2) is 24.3 Å². The van der Waals surface area contributed by atoms with Gasteiger partial charge in [-0.3, -0.25) is 4.79 Å². The van der Waals surface area contributed by atoms with Gasteiger partial charge in [-0.1, -0.05) is 63.3 Å². The Morgan fingerprint density at radius 3 is 2.61 bits per heavy atom. The Morgan fingerprint density at radius 1 is 1.11 bits per heavy atom. The molecule has 0 radical (unpaired) electrons. The number of fused-ring (bicyclic) bond motifs is 1. The summed E-state index contributed by atoms with van der Waals surface area (Å²) in [5, 5.41) is 0. The Morgan fingerprint density at radius 2 is 1.83 bits per heavy atom. The van der Waals surface area contributed by atoms with E-state index < -0.39 is 0 Å². The Kier molecular flexibility index (Phi) is 4.98. The van der Waals surface area contributed by atoms with Crippen molar-refractivity contribution < 1.29 is 4.79 Å². The molecule has 1 unspecified atom stereocenters. The minimum absolute atomic E-state index is 0.219. The monoisotopic (exact) mass is 244 g/mol. The first-order valence-corrected chi connectivity index (χ1v) is 7.43. The van der Waals surface area contributed by atoms with Gasteiger partial charge >= 0.3 is 0 Å². The number of carbonyl (C=O) groups is 1. The molecular formula is C17H24O. The van der Waals surface area contributed by atoms with Crippen molar-refractivity contribution in [1.29, 1.82) is 0 Å². The van der Waals surface area contributed by atoms with Gasteiger partial charge in [-0.2, -0.15) is 0 Å². The van der Waals surface area contributed by atoms with Crippen molar-refractivity contribution in [2.24, 2.45) is 0 Å². The van der Waals surface area contributed by atoms with Crippen molar-refractivity contribution in [2.45, 2.75) is 64.2 Å². The van der Waals surface area contributed by atoms with E-state index in [2.05, 4.69) is 25.1 Å². The van der Waals surface area contributed by atoms with Gasteiger partial charge in [0.25, 0.3) is 0 Å². The minimum Gasteiger partial charge on any atom is -0.299 e. The summed E-state index contributed by atoms with van der Waals surface area (Å²) in [7, 11) is 0. The van der Waals surface area contributed by atoms with Crippen LogP contribution >= 0.6 is 0 Å². The molecule has 18 heavy (non-hydrogen) atoms. The summed E-state index contributed by atoms with van der Waals surface area (Å²) in [6.45, 7) is 2.23. The fraction of sp³-hybridized carbons (Fsp3) is 0.588. The molecule has 0 spiro atoms. The van der Waals surface area contributed by atoms with E-state index in [1.165, 1.54) is 43.2 Å². The lowest BCUT2D eigenvalue weighted by molar-refractivity contribution is -0.121. The molecule has 0 bridgehead atoms. The first-order chi connectivity index (χ1) is 8.83. The van der Waals surface area contributed by atoms with E-state index in [9.17, 15) is 4.79 Å². The summed E-state index contributed by atoms with van der Waals surface area (Å²) in [6.07, 6.45) is 9.32. The van der Waals surface area contributed by atoms with Gasteiger partial charge in [0.15, 0.2) is 0 Å². The molecule has 0 N–H and O–H groups in total. The molecule has 98 valence electrons. The third-order valence-corrected chi connectivity index (χ3v) is 4.02. The van der Waals surface area contributed by atoms with Crippen LogP contribution in [0.4, 0.5) is 0 Å². The quantitative estimate of drug-likeness (QED) is 0.608. The Hall–Kier alpha value is -1.11. The molecule has 1 nitrogen and oxygen atoms in total. The van der Waals surface area contributed by atoms with Crippen LogP contribution in [0.5, 0.6) is 0 Å². The standard InChI is InChI=1S/C17H24O/c1-2-3-4-5-6-7-12-17(18)16-13-14-10-8-9-11-15(14)16/h8-11,16H,2-7,12-13H2,1H3. The molecule has 0 saturated carbocycles. The topological polar surface area (TPSA) is 17.1 Å². The SMILES string of the molecule is CCCCCCCCC(=O)C1Cc2ccccc21. The minimum atomic E-state index is 0.219. The highest BCUT2D eigenvalue weighted by molar-refractivity contribution is 5.88. The molecular weight excluding hydrogens is 220 g/mol. The fourth-order valence-corrected chi connectivity index (χ4v) is 2.80. The van der Waals surface area contributed by atoms with Gasteiger partial charge in [0, 0.05) is 12.3 Å². The lowest BCUT2D eigenvalue weighted by Gasteiger charge is -2.28. The number of Topliss-reactive ketones (excluding diaryl/α,β-unsaturated/α-hetero) is 1. The van der Waals surface area contributed by atoms with E-state index in [-0.39, 0.29) is 5.92 Å². The predicted octanol–water partition coefficient (Wildman–Crippen LogP) is 4.65. The number of hydrogen-bond acceptors (Lipinski definition) is 1. The molecule has 0 aromatic heterocycles. The zero-order valence-electron chi connectivity index (χ0n) is 11.5. The highest BCUT2D eigenvalue weighted by Crippen LogP contribution is 2.36. The first-order valence-electron chi connectivity index (χ1n) is 7.43. The Balaban J connectivity index is 1.65. The summed E-state index contributed by atoms with van der Waals surface area (Å²) in [4.78, 5) is 12.1.